The Morgan fingerprint density at radius 1 is 0.833 bits per heavy atom. The van der Waals surface area contributed by atoms with Gasteiger partial charge < -0.3 is 9.80 Å². The van der Waals surface area contributed by atoms with Crippen molar-refractivity contribution < 1.29 is 9.59 Å². The van der Waals surface area contributed by atoms with Crippen LogP contribution in [0.2, 0.25) is 0 Å². The Morgan fingerprint density at radius 2 is 1.33 bits per heavy atom. The van der Waals surface area contributed by atoms with Gasteiger partial charge in [-0.15, -0.1) is 0 Å². The van der Waals surface area contributed by atoms with Crippen molar-refractivity contribution in [2.45, 2.75) is 64.7 Å². The molecule has 162 valence electrons. The normalized spacial score (nSPS) is 32.5. The quantitative estimate of drug-likeness (QED) is 0.732. The number of piperazine rings is 1. The molecule has 0 aromatic heterocycles. The highest BCUT2D eigenvalue weighted by molar-refractivity contribution is 5.79. The van der Waals surface area contributed by atoms with E-state index >= 15 is 0 Å². The molecule has 2 amide bonds. The second-order valence-electron chi connectivity index (χ2n) is 10.8. The summed E-state index contributed by atoms with van der Waals surface area (Å²) in [5, 5.41) is 0. The molecule has 0 unspecified atom stereocenters. The fraction of sp³-hybridized carbons (Fsp3) is 0.692. The number of aryl methyl sites for hydroxylation is 2. The number of rotatable bonds is 5. The maximum Gasteiger partial charge on any atom is 0.223 e. The molecule has 6 rings (SSSR count). The fourth-order valence-electron chi connectivity index (χ4n) is 7.31. The number of benzene rings is 1. The second kappa shape index (κ2) is 8.01. The van der Waals surface area contributed by atoms with Crippen molar-refractivity contribution in [1.82, 2.24) is 9.80 Å². The smallest absolute Gasteiger partial charge is 0.223 e. The zero-order valence-corrected chi connectivity index (χ0v) is 18.4. The zero-order chi connectivity index (χ0) is 20.7. The molecule has 0 N–H and O–H groups in total. The van der Waals surface area contributed by atoms with Crippen molar-refractivity contribution in [2.75, 3.05) is 26.2 Å². The van der Waals surface area contributed by atoms with Crippen LogP contribution in [0.5, 0.6) is 0 Å². The SMILES string of the molecule is Cc1ccc(CCC(=O)N2CCN(C(=O)CC34CC5CC(CC(C5)C3)C4)CC2)cc1. The molecule has 4 saturated carbocycles. The first-order valence-corrected chi connectivity index (χ1v) is 12.1. The van der Waals surface area contributed by atoms with Crippen molar-refractivity contribution in [1.29, 1.82) is 0 Å². The van der Waals surface area contributed by atoms with E-state index in [2.05, 4.69) is 31.2 Å². The van der Waals surface area contributed by atoms with Gasteiger partial charge in [0.25, 0.3) is 0 Å². The van der Waals surface area contributed by atoms with E-state index in [1.54, 1.807) is 0 Å². The van der Waals surface area contributed by atoms with Crippen LogP contribution < -0.4 is 0 Å². The molecule has 1 aromatic rings. The van der Waals surface area contributed by atoms with Crippen LogP contribution in [0.15, 0.2) is 24.3 Å². The Bertz CT molecular complexity index is 756. The number of hydrogen-bond acceptors (Lipinski definition) is 2. The molecule has 30 heavy (non-hydrogen) atoms. The van der Waals surface area contributed by atoms with Crippen LogP contribution in [0.25, 0.3) is 0 Å². The summed E-state index contributed by atoms with van der Waals surface area (Å²) in [6.45, 7) is 4.89. The summed E-state index contributed by atoms with van der Waals surface area (Å²) in [7, 11) is 0. The number of hydrogen-bond donors (Lipinski definition) is 0. The van der Waals surface area contributed by atoms with Crippen LogP contribution in [0.1, 0.15) is 62.5 Å². The summed E-state index contributed by atoms with van der Waals surface area (Å²) in [4.78, 5) is 29.8. The average molecular weight is 409 g/mol. The lowest BCUT2D eigenvalue weighted by molar-refractivity contribution is -0.144. The summed E-state index contributed by atoms with van der Waals surface area (Å²) >= 11 is 0. The standard InChI is InChI=1S/C26H36N2O2/c1-19-2-4-20(5-3-19)6-7-24(29)27-8-10-28(11-9-27)25(30)18-26-15-21-12-22(16-26)14-23(13-21)17-26/h2-5,21-23H,6-18H2,1H3. The van der Waals surface area contributed by atoms with E-state index in [0.717, 1.165) is 30.6 Å². The van der Waals surface area contributed by atoms with Crippen molar-refractivity contribution >= 4 is 11.8 Å². The summed E-state index contributed by atoms with van der Waals surface area (Å²) in [6.07, 6.45) is 10.3. The molecule has 1 heterocycles. The van der Waals surface area contributed by atoms with Crippen molar-refractivity contribution in [3.05, 3.63) is 35.4 Å². The molecule has 4 aliphatic carbocycles. The number of carbonyl (C=O) groups is 2. The summed E-state index contributed by atoms with van der Waals surface area (Å²) < 4.78 is 0. The Morgan fingerprint density at radius 3 is 1.87 bits per heavy atom. The third-order valence-corrected chi connectivity index (χ3v) is 8.42. The lowest BCUT2D eigenvalue weighted by Crippen LogP contribution is -2.53. The first-order chi connectivity index (χ1) is 14.5. The van der Waals surface area contributed by atoms with E-state index in [9.17, 15) is 9.59 Å². The minimum absolute atomic E-state index is 0.226. The van der Waals surface area contributed by atoms with Gasteiger partial charge in [0.15, 0.2) is 0 Å². The molecule has 1 aliphatic heterocycles. The lowest BCUT2D eigenvalue weighted by atomic mass is 9.49. The number of amides is 2. The van der Waals surface area contributed by atoms with E-state index < -0.39 is 0 Å². The van der Waals surface area contributed by atoms with E-state index in [-0.39, 0.29) is 5.91 Å². The minimum Gasteiger partial charge on any atom is -0.339 e. The molecule has 4 nitrogen and oxygen atoms in total. The second-order valence-corrected chi connectivity index (χ2v) is 10.8. The van der Waals surface area contributed by atoms with Gasteiger partial charge >= 0.3 is 0 Å². The summed E-state index contributed by atoms with van der Waals surface area (Å²) in [6, 6.07) is 8.44. The minimum atomic E-state index is 0.226. The Balaban J connectivity index is 1.09. The van der Waals surface area contributed by atoms with Crippen molar-refractivity contribution in [3.63, 3.8) is 0 Å². The molecule has 4 heteroatoms. The third-order valence-electron chi connectivity index (χ3n) is 8.42. The number of nitrogens with zero attached hydrogens (tertiary/aromatic N) is 2. The van der Waals surface area contributed by atoms with Gasteiger partial charge in [0, 0.05) is 39.0 Å². The van der Waals surface area contributed by atoms with Crippen LogP contribution in [-0.2, 0) is 16.0 Å². The first-order valence-electron chi connectivity index (χ1n) is 12.1. The molecule has 0 spiro atoms. The molecule has 1 saturated heterocycles. The molecule has 1 aromatic carbocycles. The molecule has 5 fully saturated rings. The van der Waals surface area contributed by atoms with Gasteiger partial charge in [-0.05, 0) is 80.6 Å². The number of carbonyl (C=O) groups excluding carboxylic acids is 2. The Kier molecular flexibility index (Phi) is 5.37. The van der Waals surface area contributed by atoms with Crippen LogP contribution in [-0.4, -0.2) is 47.8 Å². The maximum absolute atomic E-state index is 13.1. The predicted molar refractivity (Wildman–Crippen MR) is 118 cm³/mol. The zero-order valence-electron chi connectivity index (χ0n) is 18.4. The van der Waals surface area contributed by atoms with Crippen molar-refractivity contribution in [2.24, 2.45) is 23.2 Å². The molecular weight excluding hydrogens is 372 g/mol. The maximum atomic E-state index is 13.1. The molecule has 4 bridgehead atoms. The van der Waals surface area contributed by atoms with Gasteiger partial charge in [-0.2, -0.15) is 0 Å². The van der Waals surface area contributed by atoms with Gasteiger partial charge in [0.2, 0.25) is 11.8 Å². The monoisotopic (exact) mass is 408 g/mol. The Hall–Kier alpha value is -1.84. The molecule has 0 atom stereocenters. The fourth-order valence-corrected chi connectivity index (χ4v) is 7.31. The summed E-state index contributed by atoms with van der Waals surface area (Å²) in [5.74, 6) is 3.26. The van der Waals surface area contributed by atoms with E-state index in [1.807, 2.05) is 9.80 Å². The van der Waals surface area contributed by atoms with Crippen LogP contribution in [0.4, 0.5) is 0 Å². The van der Waals surface area contributed by atoms with Gasteiger partial charge in [-0.1, -0.05) is 29.8 Å². The van der Waals surface area contributed by atoms with Gasteiger partial charge in [0.1, 0.15) is 0 Å². The highest BCUT2D eigenvalue weighted by atomic mass is 16.2. The Labute approximate surface area is 181 Å². The van der Waals surface area contributed by atoms with E-state index in [4.69, 9.17) is 0 Å². The molecule has 5 aliphatic rings. The first kappa shape index (κ1) is 20.1. The highest BCUT2D eigenvalue weighted by Gasteiger charge is 2.51. The average Bonchev–Trinajstić information content (AvgIpc) is 2.72. The highest BCUT2D eigenvalue weighted by Crippen LogP contribution is 2.61. The van der Waals surface area contributed by atoms with Crippen LogP contribution in [0.3, 0.4) is 0 Å². The molecule has 0 radical (unpaired) electrons. The van der Waals surface area contributed by atoms with E-state index in [1.165, 1.54) is 49.7 Å². The topological polar surface area (TPSA) is 40.6 Å². The van der Waals surface area contributed by atoms with Crippen LogP contribution >= 0.6 is 0 Å². The third kappa shape index (κ3) is 4.15. The van der Waals surface area contributed by atoms with Gasteiger partial charge in [0.05, 0.1) is 0 Å². The van der Waals surface area contributed by atoms with Gasteiger partial charge in [-0.25, -0.2) is 0 Å². The largest absolute Gasteiger partial charge is 0.339 e. The van der Waals surface area contributed by atoms with E-state index in [0.29, 0.717) is 43.9 Å². The lowest BCUT2D eigenvalue weighted by Gasteiger charge is -2.57. The predicted octanol–water partition coefficient (Wildman–Crippen LogP) is 4.20. The van der Waals surface area contributed by atoms with Crippen LogP contribution in [0, 0.1) is 30.1 Å². The summed E-state index contributed by atoms with van der Waals surface area (Å²) in [5.41, 5.74) is 2.78. The van der Waals surface area contributed by atoms with Gasteiger partial charge in [-0.3, -0.25) is 9.59 Å². The van der Waals surface area contributed by atoms with Crippen molar-refractivity contribution in [3.8, 4) is 0 Å². The molecular formula is C26H36N2O2.